The van der Waals surface area contributed by atoms with Crippen molar-refractivity contribution in [3.63, 3.8) is 0 Å². The Labute approximate surface area is 146 Å². The van der Waals surface area contributed by atoms with E-state index in [0.717, 1.165) is 22.9 Å². The number of nitrogens with zero attached hydrogens (tertiary/aromatic N) is 4. The fraction of sp³-hybridized carbons (Fsp3) is 0.312. The molecule has 1 aliphatic rings. The lowest BCUT2D eigenvalue weighted by Crippen LogP contribution is -2.13. The second-order valence-electron chi connectivity index (χ2n) is 5.69. The van der Waals surface area contributed by atoms with E-state index in [0.29, 0.717) is 23.2 Å². The number of hydrogen-bond acceptors (Lipinski definition) is 5. The van der Waals surface area contributed by atoms with Gasteiger partial charge < -0.3 is 10.1 Å². The Bertz CT molecular complexity index is 917. The third kappa shape index (κ3) is 2.97. The highest BCUT2D eigenvalue weighted by molar-refractivity contribution is 6.32. The largest absolute Gasteiger partial charge is 0.492 e. The molecule has 25 heavy (non-hydrogen) atoms. The van der Waals surface area contributed by atoms with Crippen LogP contribution in [-0.4, -0.2) is 26.4 Å². The lowest BCUT2D eigenvalue weighted by atomic mass is 10.0. The minimum absolute atomic E-state index is 0.0902. The summed E-state index contributed by atoms with van der Waals surface area (Å²) in [6.45, 7) is 0.572. The van der Waals surface area contributed by atoms with E-state index in [1.807, 2.05) is 12.1 Å². The molecular formula is C16H14ClF2N5O. The van der Waals surface area contributed by atoms with Crippen LogP contribution in [0.2, 0.25) is 5.02 Å². The molecule has 1 unspecified atom stereocenters. The Morgan fingerprint density at radius 3 is 2.96 bits per heavy atom. The molecule has 3 heterocycles. The van der Waals surface area contributed by atoms with Crippen LogP contribution >= 0.6 is 11.6 Å². The Morgan fingerprint density at radius 2 is 2.12 bits per heavy atom. The molecule has 2 aromatic heterocycles. The molecule has 1 N–H and O–H groups in total. The molecule has 0 bridgehead atoms. The molecule has 1 aliphatic heterocycles. The number of fused-ring (bicyclic) bond motifs is 2. The Kier molecular flexibility index (Phi) is 4.12. The summed E-state index contributed by atoms with van der Waals surface area (Å²) < 4.78 is 32.8. The van der Waals surface area contributed by atoms with Gasteiger partial charge in [0, 0.05) is 5.56 Å². The van der Waals surface area contributed by atoms with Crippen molar-refractivity contribution in [2.45, 2.75) is 25.3 Å². The van der Waals surface area contributed by atoms with Crippen molar-refractivity contribution in [3.05, 3.63) is 46.7 Å². The van der Waals surface area contributed by atoms with Gasteiger partial charge in [0.2, 0.25) is 5.82 Å². The van der Waals surface area contributed by atoms with Crippen LogP contribution in [0.25, 0.3) is 5.65 Å². The summed E-state index contributed by atoms with van der Waals surface area (Å²) in [4.78, 5) is 0. The smallest absolute Gasteiger partial charge is 0.299 e. The van der Waals surface area contributed by atoms with Crippen molar-refractivity contribution >= 4 is 23.1 Å². The minimum Gasteiger partial charge on any atom is -0.492 e. The summed E-state index contributed by atoms with van der Waals surface area (Å²) in [6, 6.07) is 8.77. The highest BCUT2D eigenvalue weighted by Gasteiger charge is 2.23. The van der Waals surface area contributed by atoms with E-state index in [4.69, 9.17) is 16.3 Å². The summed E-state index contributed by atoms with van der Waals surface area (Å²) >= 11 is 6.23. The van der Waals surface area contributed by atoms with E-state index in [-0.39, 0.29) is 11.7 Å². The van der Waals surface area contributed by atoms with Crippen LogP contribution < -0.4 is 10.1 Å². The minimum atomic E-state index is -2.75. The van der Waals surface area contributed by atoms with Crippen LogP contribution in [0.5, 0.6) is 5.75 Å². The van der Waals surface area contributed by atoms with Crippen LogP contribution in [0, 0.1) is 0 Å². The lowest BCUT2D eigenvalue weighted by molar-refractivity contribution is 0.137. The molecule has 0 radical (unpaired) electrons. The molecule has 1 atom stereocenters. The first-order chi connectivity index (χ1) is 12.1. The van der Waals surface area contributed by atoms with Crippen molar-refractivity contribution in [1.82, 2.24) is 19.8 Å². The van der Waals surface area contributed by atoms with Crippen LogP contribution in [0.4, 0.5) is 14.6 Å². The van der Waals surface area contributed by atoms with Crippen molar-refractivity contribution in [1.29, 1.82) is 0 Å². The average Bonchev–Trinajstić information content (AvgIpc) is 2.91. The fourth-order valence-electron chi connectivity index (χ4n) is 2.92. The van der Waals surface area contributed by atoms with Gasteiger partial charge in [0.15, 0.2) is 5.65 Å². The molecule has 3 aromatic rings. The zero-order chi connectivity index (χ0) is 17.4. The van der Waals surface area contributed by atoms with E-state index in [9.17, 15) is 8.78 Å². The van der Waals surface area contributed by atoms with Crippen molar-refractivity contribution in [2.75, 3.05) is 11.9 Å². The fourth-order valence-corrected chi connectivity index (χ4v) is 3.15. The molecule has 0 aliphatic carbocycles. The van der Waals surface area contributed by atoms with Gasteiger partial charge in [0.05, 0.1) is 17.7 Å². The monoisotopic (exact) mass is 365 g/mol. The average molecular weight is 366 g/mol. The van der Waals surface area contributed by atoms with Gasteiger partial charge >= 0.3 is 0 Å². The van der Waals surface area contributed by atoms with E-state index < -0.39 is 12.2 Å². The van der Waals surface area contributed by atoms with Gasteiger partial charge in [0.25, 0.3) is 6.43 Å². The zero-order valence-corrected chi connectivity index (χ0v) is 13.7. The summed E-state index contributed by atoms with van der Waals surface area (Å²) in [5.41, 5.74) is 1.19. The highest BCUT2D eigenvalue weighted by Crippen LogP contribution is 2.38. The molecule has 6 nitrogen and oxygen atoms in total. The summed E-state index contributed by atoms with van der Waals surface area (Å²) in [5, 5.41) is 15.2. The molecule has 130 valence electrons. The molecule has 0 spiro atoms. The maximum Gasteiger partial charge on any atom is 0.299 e. The highest BCUT2D eigenvalue weighted by atomic mass is 35.5. The topological polar surface area (TPSA) is 64.3 Å². The van der Waals surface area contributed by atoms with E-state index in [2.05, 4.69) is 20.6 Å². The van der Waals surface area contributed by atoms with Gasteiger partial charge in [0.1, 0.15) is 11.6 Å². The number of nitrogens with one attached hydrogen (secondary N) is 1. The number of aromatic nitrogens is 4. The Balaban J connectivity index is 1.69. The SMILES string of the molecule is FC(F)c1nnc2ccc(NC3CCCOc4c(Cl)cccc43)nn12. The number of para-hydroxylation sites is 1. The molecule has 0 saturated carbocycles. The van der Waals surface area contributed by atoms with Crippen LogP contribution in [0.1, 0.15) is 36.7 Å². The van der Waals surface area contributed by atoms with Crippen molar-refractivity contribution in [3.8, 4) is 5.75 Å². The van der Waals surface area contributed by atoms with E-state index in [1.54, 1.807) is 18.2 Å². The van der Waals surface area contributed by atoms with E-state index >= 15 is 0 Å². The summed E-state index contributed by atoms with van der Waals surface area (Å²) in [6.07, 6.45) is -1.11. The number of alkyl halides is 2. The van der Waals surface area contributed by atoms with E-state index in [1.165, 1.54) is 0 Å². The van der Waals surface area contributed by atoms with Gasteiger partial charge in [-0.25, -0.2) is 8.78 Å². The molecule has 0 amide bonds. The molecule has 0 fully saturated rings. The number of anilines is 1. The number of halogens is 3. The molecule has 4 rings (SSSR count). The van der Waals surface area contributed by atoms with Crippen molar-refractivity contribution in [2.24, 2.45) is 0 Å². The quantitative estimate of drug-likeness (QED) is 0.758. The van der Waals surface area contributed by atoms with Crippen LogP contribution in [0.3, 0.4) is 0 Å². The Morgan fingerprint density at radius 1 is 1.24 bits per heavy atom. The van der Waals surface area contributed by atoms with Gasteiger partial charge in [-0.05, 0) is 31.0 Å². The van der Waals surface area contributed by atoms with Gasteiger partial charge in [-0.2, -0.15) is 4.52 Å². The molecule has 1 aromatic carbocycles. The third-order valence-electron chi connectivity index (χ3n) is 4.06. The molecule has 9 heteroatoms. The maximum atomic E-state index is 13.0. The maximum absolute atomic E-state index is 13.0. The van der Waals surface area contributed by atoms with Crippen LogP contribution in [0.15, 0.2) is 30.3 Å². The van der Waals surface area contributed by atoms with Gasteiger partial charge in [-0.15, -0.1) is 15.3 Å². The first-order valence-electron chi connectivity index (χ1n) is 7.82. The Hall–Kier alpha value is -2.48. The first-order valence-corrected chi connectivity index (χ1v) is 8.19. The number of hydrogen-bond donors (Lipinski definition) is 1. The standard InChI is InChI=1S/C16H14ClF2N5O/c17-10-4-1-3-9-11(5-2-8-25-14(9)10)20-12-6-7-13-21-22-16(15(18)19)24(13)23-12/h1,3-4,6-7,11,15H,2,5,8H2,(H,20,23). The lowest BCUT2D eigenvalue weighted by Gasteiger charge is -2.19. The normalized spacial score (nSPS) is 17.2. The molecule has 0 saturated heterocycles. The first kappa shape index (κ1) is 16.0. The number of benzene rings is 1. The zero-order valence-electron chi connectivity index (χ0n) is 13.0. The second-order valence-corrected chi connectivity index (χ2v) is 6.10. The summed E-state index contributed by atoms with van der Waals surface area (Å²) in [7, 11) is 0. The summed E-state index contributed by atoms with van der Waals surface area (Å²) in [5.74, 6) is 0.621. The molecular weight excluding hydrogens is 352 g/mol. The number of rotatable bonds is 3. The predicted octanol–water partition coefficient (Wildman–Crippen LogP) is 4.04. The second kappa shape index (κ2) is 6.44. The predicted molar refractivity (Wildman–Crippen MR) is 88.3 cm³/mol. The van der Waals surface area contributed by atoms with Crippen LogP contribution in [-0.2, 0) is 0 Å². The van der Waals surface area contributed by atoms with Gasteiger partial charge in [-0.1, -0.05) is 23.7 Å². The third-order valence-corrected chi connectivity index (χ3v) is 4.36. The van der Waals surface area contributed by atoms with Crippen molar-refractivity contribution < 1.29 is 13.5 Å². The number of ether oxygens (including phenoxy) is 1. The van der Waals surface area contributed by atoms with Gasteiger partial charge in [-0.3, -0.25) is 0 Å².